The molecule has 1 fully saturated rings. The number of nitrogens with one attached hydrogen (secondary N) is 1. The monoisotopic (exact) mass is 309 g/mol. The Morgan fingerprint density at radius 1 is 1.55 bits per heavy atom. The Hall–Kier alpha value is -1.86. The van der Waals surface area contributed by atoms with Crippen LogP contribution in [0.2, 0.25) is 0 Å². The molecule has 1 atom stereocenters. The maximum absolute atomic E-state index is 12.3. The van der Waals surface area contributed by atoms with Crippen LogP contribution in [0.15, 0.2) is 18.3 Å². The van der Waals surface area contributed by atoms with E-state index in [4.69, 9.17) is 9.47 Å². The Bertz CT molecular complexity index is 521. The first-order valence-corrected chi connectivity index (χ1v) is 7.25. The third-order valence-electron chi connectivity index (χ3n) is 3.72. The number of methoxy groups -OCH3 is 1. The van der Waals surface area contributed by atoms with Crippen LogP contribution in [0.4, 0.5) is 10.5 Å². The van der Waals surface area contributed by atoms with Gasteiger partial charge in [-0.3, -0.25) is 0 Å². The second kappa shape index (κ2) is 6.93. The van der Waals surface area contributed by atoms with E-state index in [0.717, 1.165) is 0 Å². The van der Waals surface area contributed by atoms with Crippen molar-refractivity contribution >= 4 is 11.7 Å². The minimum absolute atomic E-state index is 0.269. The van der Waals surface area contributed by atoms with Crippen molar-refractivity contribution in [2.24, 2.45) is 5.41 Å². The number of aromatic nitrogens is 1. The minimum atomic E-state index is -0.524. The lowest BCUT2D eigenvalue weighted by Crippen LogP contribution is -2.34. The van der Waals surface area contributed by atoms with E-state index in [0.29, 0.717) is 37.9 Å². The number of anilines is 1. The van der Waals surface area contributed by atoms with Crippen molar-refractivity contribution in [3.05, 3.63) is 18.3 Å². The van der Waals surface area contributed by atoms with Gasteiger partial charge < -0.3 is 24.8 Å². The van der Waals surface area contributed by atoms with Crippen LogP contribution in [0.25, 0.3) is 0 Å². The van der Waals surface area contributed by atoms with Crippen LogP contribution in [0.1, 0.15) is 13.8 Å². The number of urea groups is 1. The second-order valence-electron chi connectivity index (χ2n) is 6.01. The summed E-state index contributed by atoms with van der Waals surface area (Å²) in [5.74, 6) is 0.354. The van der Waals surface area contributed by atoms with Crippen molar-refractivity contribution in [3.63, 3.8) is 0 Å². The first kappa shape index (κ1) is 16.5. The highest BCUT2D eigenvalue weighted by Gasteiger charge is 2.40. The fourth-order valence-electron chi connectivity index (χ4n) is 2.29. The third kappa shape index (κ3) is 3.86. The van der Waals surface area contributed by atoms with E-state index in [1.165, 1.54) is 0 Å². The molecule has 122 valence electrons. The summed E-state index contributed by atoms with van der Waals surface area (Å²) in [7, 11) is 1.59. The van der Waals surface area contributed by atoms with Crippen LogP contribution in [0.3, 0.4) is 0 Å². The summed E-state index contributed by atoms with van der Waals surface area (Å²) in [6.45, 7) is 5.49. The number of likely N-dealkylation sites (tertiary alicyclic amines) is 1. The highest BCUT2D eigenvalue weighted by Crippen LogP contribution is 2.30. The zero-order chi connectivity index (χ0) is 16.2. The molecule has 1 aliphatic rings. The molecule has 7 heteroatoms. The lowest BCUT2D eigenvalue weighted by atomic mass is 9.90. The molecule has 0 aromatic carbocycles. The van der Waals surface area contributed by atoms with Crippen LogP contribution in [-0.4, -0.2) is 60.5 Å². The lowest BCUT2D eigenvalue weighted by molar-refractivity contribution is 0.0957. The topological polar surface area (TPSA) is 83.9 Å². The molecule has 7 nitrogen and oxygen atoms in total. The van der Waals surface area contributed by atoms with Crippen LogP contribution in [-0.2, 0) is 4.74 Å². The molecule has 1 saturated heterocycles. The van der Waals surface area contributed by atoms with E-state index in [-0.39, 0.29) is 11.4 Å². The summed E-state index contributed by atoms with van der Waals surface area (Å²) in [5, 5.41) is 12.8. The summed E-state index contributed by atoms with van der Waals surface area (Å²) in [4.78, 5) is 18.0. The van der Waals surface area contributed by atoms with Gasteiger partial charge in [0.25, 0.3) is 0 Å². The maximum Gasteiger partial charge on any atom is 0.322 e. The molecule has 0 saturated carbocycles. The van der Waals surface area contributed by atoms with E-state index >= 15 is 0 Å². The molecule has 2 N–H and O–H groups in total. The number of pyridine rings is 1. The molecule has 0 radical (unpaired) electrons. The van der Waals surface area contributed by atoms with Gasteiger partial charge >= 0.3 is 6.03 Å². The molecule has 1 aliphatic heterocycles. The van der Waals surface area contributed by atoms with Gasteiger partial charge in [-0.2, -0.15) is 0 Å². The van der Waals surface area contributed by atoms with E-state index in [9.17, 15) is 9.90 Å². The van der Waals surface area contributed by atoms with Gasteiger partial charge in [-0.1, -0.05) is 13.8 Å². The molecule has 22 heavy (non-hydrogen) atoms. The molecular weight excluding hydrogens is 286 g/mol. The van der Waals surface area contributed by atoms with Crippen molar-refractivity contribution in [3.8, 4) is 5.88 Å². The molecule has 2 amide bonds. The first-order valence-electron chi connectivity index (χ1n) is 7.25. The Kier molecular flexibility index (Phi) is 5.20. The zero-order valence-corrected chi connectivity index (χ0v) is 13.2. The molecular formula is C15H23N3O4. The fraction of sp³-hybridized carbons (Fsp3) is 0.600. The molecule has 2 heterocycles. The molecule has 0 spiro atoms. The van der Waals surface area contributed by atoms with Gasteiger partial charge in [-0.05, 0) is 12.1 Å². The predicted octanol–water partition coefficient (Wildman–Crippen LogP) is 1.34. The number of carbonyl (C=O) groups is 1. The van der Waals surface area contributed by atoms with Crippen LogP contribution < -0.4 is 10.1 Å². The van der Waals surface area contributed by atoms with Gasteiger partial charge in [0.1, 0.15) is 12.3 Å². The second-order valence-corrected chi connectivity index (χ2v) is 6.01. The molecule has 0 bridgehead atoms. The largest absolute Gasteiger partial charge is 0.474 e. The number of rotatable bonds is 5. The van der Waals surface area contributed by atoms with Gasteiger partial charge in [0.2, 0.25) is 5.88 Å². The Morgan fingerprint density at radius 3 is 2.95 bits per heavy atom. The predicted molar refractivity (Wildman–Crippen MR) is 82.0 cm³/mol. The summed E-state index contributed by atoms with van der Waals surface area (Å²) in [6.07, 6.45) is 1.07. The number of hydrogen-bond acceptors (Lipinski definition) is 5. The van der Waals surface area contributed by atoms with E-state index in [2.05, 4.69) is 10.3 Å². The minimum Gasteiger partial charge on any atom is -0.474 e. The number of aliphatic hydroxyl groups is 1. The molecule has 1 unspecified atom stereocenters. The number of β-amino-alcohol motifs (C(OH)–C–C–N with tert-alkyl or cyclic N) is 1. The highest BCUT2D eigenvalue weighted by molar-refractivity contribution is 5.90. The molecule has 1 aromatic rings. The quantitative estimate of drug-likeness (QED) is 0.802. The SMILES string of the molecule is COCCOc1ncccc1NC(=O)N1CC(O)C(C)(C)C1. The summed E-state index contributed by atoms with van der Waals surface area (Å²) < 4.78 is 10.4. The van der Waals surface area contributed by atoms with Crippen molar-refractivity contribution in [2.75, 3.05) is 38.7 Å². The smallest absolute Gasteiger partial charge is 0.322 e. The first-order chi connectivity index (χ1) is 10.4. The zero-order valence-electron chi connectivity index (χ0n) is 13.2. The molecule has 0 aliphatic carbocycles. The van der Waals surface area contributed by atoms with Gasteiger partial charge in [0, 0.05) is 31.8 Å². The van der Waals surface area contributed by atoms with Gasteiger partial charge in [-0.15, -0.1) is 0 Å². The number of amides is 2. The van der Waals surface area contributed by atoms with Crippen molar-refractivity contribution in [2.45, 2.75) is 20.0 Å². The third-order valence-corrected chi connectivity index (χ3v) is 3.72. The molecule has 1 aromatic heterocycles. The van der Waals surface area contributed by atoms with Gasteiger partial charge in [0.15, 0.2) is 0 Å². The maximum atomic E-state index is 12.3. The van der Waals surface area contributed by atoms with Crippen LogP contribution >= 0.6 is 0 Å². The van der Waals surface area contributed by atoms with E-state index in [1.807, 2.05) is 13.8 Å². The highest BCUT2D eigenvalue weighted by atomic mass is 16.5. The average Bonchev–Trinajstić information content (AvgIpc) is 2.75. The average molecular weight is 309 g/mol. The van der Waals surface area contributed by atoms with Crippen LogP contribution in [0.5, 0.6) is 5.88 Å². The fourth-order valence-corrected chi connectivity index (χ4v) is 2.29. The van der Waals surface area contributed by atoms with Crippen molar-refractivity contribution in [1.29, 1.82) is 0 Å². The van der Waals surface area contributed by atoms with Crippen molar-refractivity contribution < 1.29 is 19.4 Å². The summed E-state index contributed by atoms with van der Waals surface area (Å²) in [6, 6.07) is 3.18. The van der Waals surface area contributed by atoms with E-state index in [1.54, 1.807) is 30.3 Å². The summed E-state index contributed by atoms with van der Waals surface area (Å²) in [5.41, 5.74) is 0.201. The number of aliphatic hydroxyl groups excluding tert-OH is 1. The summed E-state index contributed by atoms with van der Waals surface area (Å²) >= 11 is 0. The van der Waals surface area contributed by atoms with Crippen molar-refractivity contribution in [1.82, 2.24) is 9.88 Å². The number of hydrogen-bond donors (Lipinski definition) is 2. The normalized spacial score (nSPS) is 20.0. The Labute approximate surface area is 130 Å². The van der Waals surface area contributed by atoms with Gasteiger partial charge in [-0.25, -0.2) is 9.78 Å². The van der Waals surface area contributed by atoms with Gasteiger partial charge in [0.05, 0.1) is 12.7 Å². The number of ether oxygens (including phenoxy) is 2. The number of nitrogens with zero attached hydrogens (tertiary/aromatic N) is 2. The van der Waals surface area contributed by atoms with Crippen LogP contribution in [0, 0.1) is 5.41 Å². The lowest BCUT2D eigenvalue weighted by Gasteiger charge is -2.21. The number of carbonyl (C=O) groups excluding carboxylic acids is 1. The molecule has 2 rings (SSSR count). The standard InChI is InChI=1S/C15H23N3O4/c1-15(2)10-18(9-12(15)19)14(20)17-11-5-4-6-16-13(11)22-8-7-21-3/h4-6,12,19H,7-10H2,1-3H3,(H,17,20). The Morgan fingerprint density at radius 2 is 2.32 bits per heavy atom. The Balaban J connectivity index is 2.00. The van der Waals surface area contributed by atoms with E-state index < -0.39 is 6.10 Å².